The van der Waals surface area contributed by atoms with Gasteiger partial charge in [-0.2, -0.15) is 0 Å². The number of aryl methyl sites for hydroxylation is 1. The van der Waals surface area contributed by atoms with Gasteiger partial charge in [0, 0.05) is 25.9 Å². The highest BCUT2D eigenvalue weighted by atomic mass is 19.1. The van der Waals surface area contributed by atoms with E-state index in [-0.39, 0.29) is 24.7 Å². The standard InChI is InChI=1S/C19H20FNO4/c20-16-6-2-1-5-15(16)17-9-7-14(25-17)8-10-18(22)21-11-3-4-13(12-21)19(23)24/h1-2,5-7,9,13H,3-4,8,10-12H2,(H,23,24). The van der Waals surface area contributed by atoms with Gasteiger partial charge >= 0.3 is 5.97 Å². The Morgan fingerprint density at radius 3 is 2.80 bits per heavy atom. The maximum absolute atomic E-state index is 13.8. The summed E-state index contributed by atoms with van der Waals surface area (Å²) in [6, 6.07) is 9.80. The molecule has 25 heavy (non-hydrogen) atoms. The highest BCUT2D eigenvalue weighted by molar-refractivity contribution is 5.78. The maximum Gasteiger partial charge on any atom is 0.308 e. The lowest BCUT2D eigenvalue weighted by atomic mass is 9.98. The van der Waals surface area contributed by atoms with Gasteiger partial charge in [-0.25, -0.2) is 4.39 Å². The quantitative estimate of drug-likeness (QED) is 0.902. The molecule has 1 aromatic carbocycles. The molecule has 1 aromatic heterocycles. The van der Waals surface area contributed by atoms with E-state index >= 15 is 0 Å². The Morgan fingerprint density at radius 1 is 1.24 bits per heavy atom. The zero-order valence-corrected chi connectivity index (χ0v) is 13.8. The fourth-order valence-corrected chi connectivity index (χ4v) is 3.11. The highest BCUT2D eigenvalue weighted by Gasteiger charge is 2.27. The zero-order chi connectivity index (χ0) is 17.8. The molecular weight excluding hydrogens is 325 g/mol. The van der Waals surface area contributed by atoms with Crippen LogP contribution in [0.25, 0.3) is 11.3 Å². The molecular formula is C19H20FNO4. The number of hydrogen-bond acceptors (Lipinski definition) is 3. The molecule has 1 saturated heterocycles. The molecule has 0 saturated carbocycles. The van der Waals surface area contributed by atoms with Gasteiger partial charge in [0.1, 0.15) is 17.3 Å². The second-order valence-corrected chi connectivity index (χ2v) is 6.26. The van der Waals surface area contributed by atoms with Crippen molar-refractivity contribution in [2.75, 3.05) is 13.1 Å². The van der Waals surface area contributed by atoms with Gasteiger partial charge in [-0.15, -0.1) is 0 Å². The van der Waals surface area contributed by atoms with Crippen LogP contribution in [0.5, 0.6) is 0 Å². The molecule has 6 heteroatoms. The Morgan fingerprint density at radius 2 is 2.04 bits per heavy atom. The van der Waals surface area contributed by atoms with Crippen LogP contribution in [0.1, 0.15) is 25.0 Å². The van der Waals surface area contributed by atoms with E-state index in [0.717, 1.165) is 0 Å². The fraction of sp³-hybridized carbons (Fsp3) is 0.368. The van der Waals surface area contributed by atoms with Gasteiger partial charge in [-0.1, -0.05) is 12.1 Å². The first-order chi connectivity index (χ1) is 12.0. The van der Waals surface area contributed by atoms with Crippen molar-refractivity contribution in [3.63, 3.8) is 0 Å². The Kier molecular flexibility index (Phi) is 5.16. The Bertz CT molecular complexity index is 770. The molecule has 0 radical (unpaired) electrons. The number of halogens is 1. The van der Waals surface area contributed by atoms with E-state index in [4.69, 9.17) is 9.52 Å². The van der Waals surface area contributed by atoms with Crippen LogP contribution in [0.2, 0.25) is 0 Å². The summed E-state index contributed by atoms with van der Waals surface area (Å²) in [6.07, 6.45) is 1.97. The summed E-state index contributed by atoms with van der Waals surface area (Å²) in [4.78, 5) is 25.0. The maximum atomic E-state index is 13.8. The molecule has 132 valence electrons. The third kappa shape index (κ3) is 4.07. The lowest BCUT2D eigenvalue weighted by Gasteiger charge is -2.30. The number of carbonyl (C=O) groups is 2. The molecule has 0 bridgehead atoms. The molecule has 1 amide bonds. The third-order valence-corrected chi connectivity index (χ3v) is 4.51. The normalized spacial score (nSPS) is 17.5. The summed E-state index contributed by atoms with van der Waals surface area (Å²) >= 11 is 0. The molecule has 1 unspecified atom stereocenters. The predicted molar refractivity (Wildman–Crippen MR) is 89.4 cm³/mol. The molecule has 0 aliphatic carbocycles. The molecule has 2 aromatic rings. The summed E-state index contributed by atoms with van der Waals surface area (Å²) in [7, 11) is 0. The number of benzene rings is 1. The van der Waals surface area contributed by atoms with E-state index in [0.29, 0.717) is 42.9 Å². The summed E-state index contributed by atoms with van der Waals surface area (Å²) in [5.74, 6) is -0.711. The molecule has 1 atom stereocenters. The molecule has 1 N–H and O–H groups in total. The van der Waals surface area contributed by atoms with Crippen LogP contribution >= 0.6 is 0 Å². The van der Waals surface area contributed by atoms with Crippen molar-refractivity contribution in [3.05, 3.63) is 48.0 Å². The van der Waals surface area contributed by atoms with E-state index in [1.807, 2.05) is 0 Å². The lowest BCUT2D eigenvalue weighted by molar-refractivity contribution is -0.145. The number of likely N-dealkylation sites (tertiary alicyclic amines) is 1. The van der Waals surface area contributed by atoms with E-state index in [9.17, 15) is 14.0 Å². The van der Waals surface area contributed by atoms with Crippen LogP contribution in [0, 0.1) is 11.7 Å². The molecule has 1 fully saturated rings. The van der Waals surface area contributed by atoms with Gasteiger partial charge in [0.05, 0.1) is 11.5 Å². The van der Waals surface area contributed by atoms with Crippen molar-refractivity contribution in [2.45, 2.75) is 25.7 Å². The van der Waals surface area contributed by atoms with E-state index in [1.54, 1.807) is 35.2 Å². The van der Waals surface area contributed by atoms with Gasteiger partial charge in [0.25, 0.3) is 0 Å². The molecule has 5 nitrogen and oxygen atoms in total. The van der Waals surface area contributed by atoms with Crippen molar-refractivity contribution in [1.29, 1.82) is 0 Å². The lowest BCUT2D eigenvalue weighted by Crippen LogP contribution is -2.42. The first kappa shape index (κ1) is 17.2. The number of aliphatic carboxylic acids is 1. The smallest absolute Gasteiger partial charge is 0.308 e. The van der Waals surface area contributed by atoms with Crippen molar-refractivity contribution in [3.8, 4) is 11.3 Å². The number of carboxylic acid groups (broad SMARTS) is 1. The molecule has 0 spiro atoms. The summed E-state index contributed by atoms with van der Waals surface area (Å²) in [5, 5.41) is 9.10. The monoisotopic (exact) mass is 345 g/mol. The van der Waals surface area contributed by atoms with Gasteiger partial charge < -0.3 is 14.4 Å². The SMILES string of the molecule is O=C(O)C1CCCN(C(=O)CCc2ccc(-c3ccccc3F)o2)C1. The largest absolute Gasteiger partial charge is 0.481 e. The number of hydrogen-bond donors (Lipinski definition) is 1. The highest BCUT2D eigenvalue weighted by Crippen LogP contribution is 2.25. The molecule has 3 rings (SSSR count). The van der Waals surface area contributed by atoms with E-state index in [2.05, 4.69) is 0 Å². The van der Waals surface area contributed by atoms with E-state index < -0.39 is 11.9 Å². The van der Waals surface area contributed by atoms with Crippen molar-refractivity contribution in [1.82, 2.24) is 4.90 Å². The number of piperidine rings is 1. The summed E-state index contributed by atoms with van der Waals surface area (Å²) in [5.41, 5.74) is 0.389. The van der Waals surface area contributed by atoms with Crippen LogP contribution in [0.3, 0.4) is 0 Å². The van der Waals surface area contributed by atoms with E-state index in [1.165, 1.54) is 6.07 Å². The van der Waals surface area contributed by atoms with Crippen LogP contribution < -0.4 is 0 Å². The van der Waals surface area contributed by atoms with Crippen molar-refractivity contribution >= 4 is 11.9 Å². The minimum atomic E-state index is -0.849. The topological polar surface area (TPSA) is 70.8 Å². The Labute approximate surface area is 145 Å². The summed E-state index contributed by atoms with van der Waals surface area (Å²) in [6.45, 7) is 0.869. The van der Waals surface area contributed by atoms with Gasteiger partial charge in [0.15, 0.2) is 0 Å². The third-order valence-electron chi connectivity index (χ3n) is 4.51. The molecule has 1 aliphatic rings. The number of carbonyl (C=O) groups excluding carboxylic acids is 1. The molecule has 1 aliphatic heterocycles. The zero-order valence-electron chi connectivity index (χ0n) is 13.8. The Hall–Kier alpha value is -2.63. The minimum Gasteiger partial charge on any atom is -0.481 e. The van der Waals surface area contributed by atoms with Crippen LogP contribution in [-0.2, 0) is 16.0 Å². The Balaban J connectivity index is 1.58. The minimum absolute atomic E-state index is 0.0743. The predicted octanol–water partition coefficient (Wildman–Crippen LogP) is 3.34. The van der Waals surface area contributed by atoms with Crippen molar-refractivity contribution in [2.24, 2.45) is 5.92 Å². The average molecular weight is 345 g/mol. The first-order valence-electron chi connectivity index (χ1n) is 8.39. The second-order valence-electron chi connectivity index (χ2n) is 6.26. The van der Waals surface area contributed by atoms with Gasteiger partial charge in [-0.05, 0) is 37.1 Å². The number of nitrogens with zero attached hydrogens (tertiary/aromatic N) is 1. The second kappa shape index (κ2) is 7.51. The number of furan rings is 1. The van der Waals surface area contributed by atoms with Gasteiger partial charge in [0.2, 0.25) is 5.91 Å². The molecule has 2 heterocycles. The first-order valence-corrected chi connectivity index (χ1v) is 8.39. The van der Waals surface area contributed by atoms with Gasteiger partial charge in [-0.3, -0.25) is 9.59 Å². The number of carboxylic acids is 1. The van der Waals surface area contributed by atoms with Crippen LogP contribution in [0.15, 0.2) is 40.8 Å². The fourth-order valence-electron chi connectivity index (χ4n) is 3.11. The van der Waals surface area contributed by atoms with Crippen LogP contribution in [-0.4, -0.2) is 35.0 Å². The summed E-state index contributed by atoms with van der Waals surface area (Å²) < 4.78 is 19.4. The van der Waals surface area contributed by atoms with Crippen LogP contribution in [0.4, 0.5) is 4.39 Å². The number of rotatable bonds is 5. The number of amides is 1. The van der Waals surface area contributed by atoms with Crippen molar-refractivity contribution < 1.29 is 23.5 Å². The average Bonchev–Trinajstić information content (AvgIpc) is 3.09.